The molecule has 2 aromatic rings. The quantitative estimate of drug-likeness (QED) is 0.878. The Labute approximate surface area is 114 Å². The summed E-state index contributed by atoms with van der Waals surface area (Å²) in [5.41, 5.74) is 8.69. The summed E-state index contributed by atoms with van der Waals surface area (Å²) in [7, 11) is 0. The predicted molar refractivity (Wildman–Crippen MR) is 73.8 cm³/mol. The van der Waals surface area contributed by atoms with Crippen molar-refractivity contribution in [3.05, 3.63) is 39.5 Å². The molecule has 0 radical (unpaired) electrons. The molecule has 1 aromatic heterocycles. The van der Waals surface area contributed by atoms with Crippen LogP contribution < -0.4 is 5.73 Å². The fourth-order valence-electron chi connectivity index (χ4n) is 1.59. The van der Waals surface area contributed by atoms with Crippen molar-refractivity contribution >= 4 is 21.7 Å². The van der Waals surface area contributed by atoms with Gasteiger partial charge in [-0.2, -0.15) is 5.26 Å². The van der Waals surface area contributed by atoms with Crippen LogP contribution in [0.25, 0.3) is 11.4 Å². The van der Waals surface area contributed by atoms with Crippen molar-refractivity contribution in [2.45, 2.75) is 13.8 Å². The lowest BCUT2D eigenvalue weighted by atomic mass is 10.1. The van der Waals surface area contributed by atoms with Crippen LogP contribution in [0.1, 0.15) is 16.8 Å². The fourth-order valence-corrected chi connectivity index (χ4v) is 1.97. The summed E-state index contributed by atoms with van der Waals surface area (Å²) in [5, 5.41) is 8.92. The smallest absolute Gasteiger partial charge is 0.161 e. The normalized spacial score (nSPS) is 10.1. The van der Waals surface area contributed by atoms with Gasteiger partial charge in [0, 0.05) is 10.0 Å². The van der Waals surface area contributed by atoms with Gasteiger partial charge in [0.25, 0.3) is 0 Å². The second-order valence-electron chi connectivity index (χ2n) is 3.97. The van der Waals surface area contributed by atoms with Crippen LogP contribution in [-0.4, -0.2) is 9.97 Å². The standard InChI is InChI=1S/C13H11BrN4/c1-7-3-4-9(5-11(7)14)13-17-8(2)10(6-15)12(16)18-13/h3-5H,1-2H3,(H2,16,17,18). The number of aromatic nitrogens is 2. The summed E-state index contributed by atoms with van der Waals surface area (Å²) in [6.07, 6.45) is 0. The maximum absolute atomic E-state index is 8.92. The Morgan fingerprint density at radius 1 is 1.28 bits per heavy atom. The monoisotopic (exact) mass is 302 g/mol. The number of halogens is 1. The molecule has 0 aliphatic carbocycles. The molecule has 0 saturated carbocycles. The van der Waals surface area contributed by atoms with Crippen molar-refractivity contribution < 1.29 is 0 Å². The van der Waals surface area contributed by atoms with E-state index in [1.54, 1.807) is 6.92 Å². The molecule has 2 rings (SSSR count). The second kappa shape index (κ2) is 4.75. The van der Waals surface area contributed by atoms with Crippen molar-refractivity contribution in [3.63, 3.8) is 0 Å². The predicted octanol–water partition coefficient (Wildman–Crippen LogP) is 2.98. The molecule has 4 nitrogen and oxygen atoms in total. The summed E-state index contributed by atoms with van der Waals surface area (Å²) in [5.74, 6) is 0.751. The number of aryl methyl sites for hydroxylation is 2. The lowest BCUT2D eigenvalue weighted by molar-refractivity contribution is 1.10. The third-order valence-electron chi connectivity index (χ3n) is 2.66. The zero-order valence-corrected chi connectivity index (χ0v) is 11.6. The number of nitrogens with zero attached hydrogens (tertiary/aromatic N) is 3. The molecule has 1 aromatic carbocycles. The van der Waals surface area contributed by atoms with Gasteiger partial charge in [-0.25, -0.2) is 9.97 Å². The molecule has 0 amide bonds. The number of rotatable bonds is 1. The topological polar surface area (TPSA) is 75.6 Å². The van der Waals surface area contributed by atoms with Crippen LogP contribution in [0.2, 0.25) is 0 Å². The van der Waals surface area contributed by atoms with E-state index in [0.29, 0.717) is 17.1 Å². The number of nitriles is 1. The minimum Gasteiger partial charge on any atom is -0.382 e. The highest BCUT2D eigenvalue weighted by Crippen LogP contribution is 2.25. The van der Waals surface area contributed by atoms with Gasteiger partial charge in [0.15, 0.2) is 5.82 Å². The largest absolute Gasteiger partial charge is 0.382 e. The van der Waals surface area contributed by atoms with E-state index in [1.165, 1.54) is 0 Å². The number of benzene rings is 1. The van der Waals surface area contributed by atoms with Gasteiger partial charge in [0.1, 0.15) is 17.5 Å². The maximum Gasteiger partial charge on any atom is 0.161 e. The lowest BCUT2D eigenvalue weighted by Crippen LogP contribution is -2.02. The van der Waals surface area contributed by atoms with Gasteiger partial charge in [-0.05, 0) is 25.5 Å². The molecule has 0 spiro atoms. The number of hydrogen-bond acceptors (Lipinski definition) is 4. The van der Waals surface area contributed by atoms with Gasteiger partial charge in [0.2, 0.25) is 0 Å². The van der Waals surface area contributed by atoms with Gasteiger partial charge in [-0.3, -0.25) is 0 Å². The second-order valence-corrected chi connectivity index (χ2v) is 4.82. The van der Waals surface area contributed by atoms with E-state index in [4.69, 9.17) is 11.0 Å². The molecule has 0 aliphatic rings. The summed E-state index contributed by atoms with van der Waals surface area (Å²) in [6.45, 7) is 3.76. The third kappa shape index (κ3) is 2.20. The molecule has 90 valence electrons. The number of nitrogen functional groups attached to an aromatic ring is 1. The van der Waals surface area contributed by atoms with Crippen molar-refractivity contribution in [2.24, 2.45) is 0 Å². The van der Waals surface area contributed by atoms with Crippen LogP contribution in [0.5, 0.6) is 0 Å². The van der Waals surface area contributed by atoms with E-state index in [9.17, 15) is 0 Å². The molecule has 0 aliphatic heterocycles. The van der Waals surface area contributed by atoms with Crippen molar-refractivity contribution in [3.8, 4) is 17.5 Å². The average molecular weight is 303 g/mol. The van der Waals surface area contributed by atoms with Crippen LogP contribution >= 0.6 is 15.9 Å². The molecule has 0 saturated heterocycles. The highest BCUT2D eigenvalue weighted by molar-refractivity contribution is 9.10. The van der Waals surface area contributed by atoms with E-state index in [1.807, 2.05) is 31.2 Å². The summed E-state index contributed by atoms with van der Waals surface area (Å²) in [6, 6.07) is 7.85. The minimum atomic E-state index is 0.219. The molecule has 2 N–H and O–H groups in total. The Balaban J connectivity index is 2.59. The summed E-state index contributed by atoms with van der Waals surface area (Å²) < 4.78 is 0.990. The Bertz CT molecular complexity index is 636. The van der Waals surface area contributed by atoms with E-state index in [0.717, 1.165) is 15.6 Å². The Morgan fingerprint density at radius 3 is 2.56 bits per heavy atom. The van der Waals surface area contributed by atoms with Crippen molar-refractivity contribution in [1.82, 2.24) is 9.97 Å². The zero-order valence-electron chi connectivity index (χ0n) is 10.0. The van der Waals surface area contributed by atoms with E-state index in [2.05, 4.69) is 25.9 Å². The first-order valence-corrected chi connectivity index (χ1v) is 6.13. The maximum atomic E-state index is 8.92. The van der Waals surface area contributed by atoms with E-state index in [-0.39, 0.29) is 5.82 Å². The number of anilines is 1. The first-order valence-electron chi connectivity index (χ1n) is 5.33. The molecule has 0 unspecified atom stereocenters. The van der Waals surface area contributed by atoms with Crippen LogP contribution in [0.15, 0.2) is 22.7 Å². The van der Waals surface area contributed by atoms with Crippen LogP contribution in [-0.2, 0) is 0 Å². The minimum absolute atomic E-state index is 0.219. The zero-order chi connectivity index (χ0) is 13.3. The van der Waals surface area contributed by atoms with Gasteiger partial charge in [-0.1, -0.05) is 28.1 Å². The van der Waals surface area contributed by atoms with Crippen molar-refractivity contribution in [2.75, 3.05) is 5.73 Å². The fraction of sp³-hybridized carbons (Fsp3) is 0.154. The molecule has 18 heavy (non-hydrogen) atoms. The van der Waals surface area contributed by atoms with E-state index < -0.39 is 0 Å². The van der Waals surface area contributed by atoms with Gasteiger partial charge >= 0.3 is 0 Å². The van der Waals surface area contributed by atoms with Crippen LogP contribution in [0.4, 0.5) is 5.82 Å². The molecule has 1 heterocycles. The Hall–Kier alpha value is -1.93. The first kappa shape index (κ1) is 12.5. The Morgan fingerprint density at radius 2 is 2.00 bits per heavy atom. The lowest BCUT2D eigenvalue weighted by Gasteiger charge is -2.06. The average Bonchev–Trinajstić information content (AvgIpc) is 2.32. The number of hydrogen-bond donors (Lipinski definition) is 1. The van der Waals surface area contributed by atoms with Crippen LogP contribution in [0, 0.1) is 25.2 Å². The molecule has 5 heteroatoms. The highest BCUT2D eigenvalue weighted by Gasteiger charge is 2.10. The third-order valence-corrected chi connectivity index (χ3v) is 3.51. The Kier molecular flexibility index (Phi) is 3.30. The van der Waals surface area contributed by atoms with Gasteiger partial charge in [0.05, 0.1) is 5.69 Å². The van der Waals surface area contributed by atoms with Crippen molar-refractivity contribution in [1.29, 1.82) is 5.26 Å². The SMILES string of the molecule is Cc1ccc(-c2nc(C)c(C#N)c(N)n2)cc1Br. The summed E-state index contributed by atoms with van der Waals surface area (Å²) in [4.78, 5) is 8.48. The molecule has 0 atom stereocenters. The highest BCUT2D eigenvalue weighted by atomic mass is 79.9. The molecular weight excluding hydrogens is 292 g/mol. The van der Waals surface area contributed by atoms with Gasteiger partial charge < -0.3 is 5.73 Å². The molecule has 0 bridgehead atoms. The first-order chi connectivity index (χ1) is 8.52. The van der Waals surface area contributed by atoms with E-state index >= 15 is 0 Å². The molecular formula is C13H11BrN4. The number of nitrogens with two attached hydrogens (primary N) is 1. The molecule has 0 fully saturated rings. The summed E-state index contributed by atoms with van der Waals surface area (Å²) >= 11 is 3.47. The van der Waals surface area contributed by atoms with Gasteiger partial charge in [-0.15, -0.1) is 0 Å². The van der Waals surface area contributed by atoms with Crippen LogP contribution in [0.3, 0.4) is 0 Å².